The molecule has 2 aliphatic rings. The van der Waals surface area contributed by atoms with Gasteiger partial charge in [0.05, 0.1) is 10.0 Å². The highest BCUT2D eigenvalue weighted by Gasteiger charge is 2.27. The van der Waals surface area contributed by atoms with Crippen molar-refractivity contribution in [2.75, 3.05) is 26.3 Å². The fraction of sp³-hybridized carbons (Fsp3) is 0.353. The predicted octanol–water partition coefficient (Wildman–Crippen LogP) is 2.39. The predicted molar refractivity (Wildman–Crippen MR) is 93.4 cm³/mol. The molecule has 0 aliphatic carbocycles. The van der Waals surface area contributed by atoms with Crippen LogP contribution in [0.25, 0.3) is 11.1 Å². The zero-order valence-electron chi connectivity index (χ0n) is 13.0. The molecule has 1 aromatic heterocycles. The number of nitrogens with zero attached hydrogens (tertiary/aromatic N) is 1. The molecule has 2 aromatic rings. The molecular weight excluding hydrogens is 374 g/mol. The van der Waals surface area contributed by atoms with Crippen molar-refractivity contribution in [3.05, 3.63) is 34.6 Å². The molecule has 1 fully saturated rings. The second-order valence-corrected chi connectivity index (χ2v) is 6.92. The van der Waals surface area contributed by atoms with Crippen LogP contribution in [0.15, 0.2) is 29.0 Å². The summed E-state index contributed by atoms with van der Waals surface area (Å²) in [7, 11) is 0. The number of likely N-dealkylation sites (tertiary alicyclic amines) is 1. The summed E-state index contributed by atoms with van der Waals surface area (Å²) < 4.78 is 12.1. The lowest BCUT2D eigenvalue weighted by Gasteiger charge is -2.21. The smallest absolute Gasteiger partial charge is 0.256 e. The number of fused-ring (bicyclic) bond motifs is 1. The fourth-order valence-electron chi connectivity index (χ4n) is 3.19. The third-order valence-electron chi connectivity index (χ3n) is 4.40. The van der Waals surface area contributed by atoms with Gasteiger partial charge in [-0.2, -0.15) is 0 Å². The molecule has 3 N–H and O–H groups in total. The number of H-pyrrole nitrogens is 1. The number of benzene rings is 1. The number of carbonyl (C=O) groups is 1. The molecule has 2 aliphatic heterocycles. The second kappa shape index (κ2) is 6.14. The topological polar surface area (TPSA) is 80.6 Å². The number of nitrogens with one attached hydrogen (secondary N) is 1. The van der Waals surface area contributed by atoms with E-state index in [9.17, 15) is 4.79 Å². The first-order chi connectivity index (χ1) is 11.6. The van der Waals surface area contributed by atoms with Gasteiger partial charge in [0.25, 0.3) is 5.91 Å². The van der Waals surface area contributed by atoms with Gasteiger partial charge in [-0.3, -0.25) is 4.79 Å². The van der Waals surface area contributed by atoms with E-state index in [1.54, 1.807) is 6.20 Å². The first-order valence-corrected chi connectivity index (χ1v) is 8.74. The summed E-state index contributed by atoms with van der Waals surface area (Å²) in [5.74, 6) is 1.40. The second-order valence-electron chi connectivity index (χ2n) is 6.06. The highest BCUT2D eigenvalue weighted by atomic mass is 79.9. The zero-order valence-corrected chi connectivity index (χ0v) is 14.6. The molecular formula is C17H18BrN3O3. The molecule has 0 radical (unpaired) electrons. The maximum atomic E-state index is 12.8. The number of hydrogen-bond acceptors (Lipinski definition) is 4. The van der Waals surface area contributed by atoms with Crippen molar-refractivity contribution in [1.82, 2.24) is 9.88 Å². The van der Waals surface area contributed by atoms with Crippen LogP contribution in [0.3, 0.4) is 0 Å². The lowest BCUT2D eigenvalue weighted by molar-refractivity contribution is 0.0792. The number of rotatable bonds is 2. The van der Waals surface area contributed by atoms with E-state index in [4.69, 9.17) is 15.2 Å². The van der Waals surface area contributed by atoms with Gasteiger partial charge in [0.15, 0.2) is 11.5 Å². The number of hydrogen-bond donors (Lipinski definition) is 2. The molecule has 6 nitrogen and oxygen atoms in total. The van der Waals surface area contributed by atoms with Crippen molar-refractivity contribution >= 4 is 21.8 Å². The first-order valence-electron chi connectivity index (χ1n) is 7.94. The third-order valence-corrected chi connectivity index (χ3v) is 4.98. The molecule has 7 heteroatoms. The number of amides is 1. The third kappa shape index (κ3) is 2.67. The van der Waals surface area contributed by atoms with Crippen LogP contribution in [0.1, 0.15) is 16.8 Å². The minimum Gasteiger partial charge on any atom is -0.486 e. The fourth-order valence-corrected chi connectivity index (χ4v) is 3.74. The highest BCUT2D eigenvalue weighted by Crippen LogP contribution is 2.42. The molecule has 1 amide bonds. The van der Waals surface area contributed by atoms with Crippen LogP contribution in [0.4, 0.5) is 0 Å². The zero-order chi connectivity index (χ0) is 16.7. The summed E-state index contributed by atoms with van der Waals surface area (Å²) in [4.78, 5) is 17.7. The molecule has 4 rings (SSSR count). The van der Waals surface area contributed by atoms with Crippen LogP contribution in [-0.4, -0.2) is 48.1 Å². The van der Waals surface area contributed by atoms with Crippen molar-refractivity contribution in [3.8, 4) is 22.6 Å². The average molecular weight is 392 g/mol. The van der Waals surface area contributed by atoms with E-state index in [-0.39, 0.29) is 11.9 Å². The van der Waals surface area contributed by atoms with Crippen molar-refractivity contribution < 1.29 is 14.3 Å². The minimum atomic E-state index is 0.00483. The molecule has 126 valence electrons. The van der Waals surface area contributed by atoms with Crippen molar-refractivity contribution in [3.63, 3.8) is 0 Å². The minimum absolute atomic E-state index is 0.00483. The largest absolute Gasteiger partial charge is 0.486 e. The summed E-state index contributed by atoms with van der Waals surface area (Å²) in [6.45, 7) is 2.37. The Balaban J connectivity index is 1.70. The van der Waals surface area contributed by atoms with E-state index in [1.807, 2.05) is 23.2 Å². The number of ether oxygens (including phenoxy) is 2. The van der Waals surface area contributed by atoms with Gasteiger partial charge in [0.2, 0.25) is 0 Å². The molecule has 1 unspecified atom stereocenters. The Morgan fingerprint density at radius 2 is 2.12 bits per heavy atom. The van der Waals surface area contributed by atoms with E-state index in [1.165, 1.54) is 0 Å². The quantitative estimate of drug-likeness (QED) is 0.823. The molecule has 1 saturated heterocycles. The Bertz CT molecular complexity index is 789. The van der Waals surface area contributed by atoms with E-state index in [2.05, 4.69) is 20.9 Å². The standard InChI is InChI=1S/C17H18BrN3O3/c18-14-5-10(6-15-16(14)24-4-3-23-15)12-7-20-8-13(12)17(22)21-2-1-11(19)9-21/h5-8,11,20H,1-4,9,19H2. The summed E-state index contributed by atoms with van der Waals surface area (Å²) in [5, 5.41) is 0. The van der Waals surface area contributed by atoms with Crippen LogP contribution < -0.4 is 15.2 Å². The Morgan fingerprint density at radius 1 is 1.29 bits per heavy atom. The molecule has 24 heavy (non-hydrogen) atoms. The van der Waals surface area contributed by atoms with Crippen LogP contribution in [0.5, 0.6) is 11.5 Å². The van der Waals surface area contributed by atoms with Crippen molar-refractivity contribution in [1.29, 1.82) is 0 Å². The molecule has 0 saturated carbocycles. The van der Waals surface area contributed by atoms with E-state index < -0.39 is 0 Å². The Morgan fingerprint density at radius 3 is 2.92 bits per heavy atom. The summed E-state index contributed by atoms with van der Waals surface area (Å²) in [6.07, 6.45) is 4.42. The van der Waals surface area contributed by atoms with Crippen LogP contribution in [-0.2, 0) is 0 Å². The van der Waals surface area contributed by atoms with Crippen LogP contribution in [0, 0.1) is 0 Å². The normalized spacial score (nSPS) is 19.6. The molecule has 3 heterocycles. The van der Waals surface area contributed by atoms with Crippen molar-refractivity contribution in [2.24, 2.45) is 5.73 Å². The van der Waals surface area contributed by atoms with Crippen molar-refractivity contribution in [2.45, 2.75) is 12.5 Å². The van der Waals surface area contributed by atoms with Gasteiger partial charge in [-0.05, 0) is 40.0 Å². The summed E-state index contributed by atoms with van der Waals surface area (Å²) in [5.41, 5.74) is 8.32. The van der Waals surface area contributed by atoms with Gasteiger partial charge in [-0.25, -0.2) is 0 Å². The van der Waals surface area contributed by atoms with Crippen LogP contribution >= 0.6 is 15.9 Å². The summed E-state index contributed by atoms with van der Waals surface area (Å²) in [6, 6.07) is 3.93. The first kappa shape index (κ1) is 15.5. The maximum Gasteiger partial charge on any atom is 0.256 e. The van der Waals surface area contributed by atoms with Gasteiger partial charge >= 0.3 is 0 Å². The monoisotopic (exact) mass is 391 g/mol. The van der Waals surface area contributed by atoms with Gasteiger partial charge in [0.1, 0.15) is 13.2 Å². The SMILES string of the molecule is NC1CCN(C(=O)c2c[nH]cc2-c2cc(Br)c3c(c2)OCCO3)C1. The number of halogens is 1. The van der Waals surface area contributed by atoms with Gasteiger partial charge < -0.3 is 25.1 Å². The number of aromatic nitrogens is 1. The Hall–Kier alpha value is -1.99. The summed E-state index contributed by atoms with van der Waals surface area (Å²) >= 11 is 3.53. The lowest BCUT2D eigenvalue weighted by Crippen LogP contribution is -2.31. The lowest BCUT2D eigenvalue weighted by atomic mass is 10.0. The van der Waals surface area contributed by atoms with Gasteiger partial charge in [0, 0.05) is 37.1 Å². The van der Waals surface area contributed by atoms with E-state index >= 15 is 0 Å². The number of aromatic amines is 1. The van der Waals surface area contributed by atoms with Gasteiger partial charge in [-0.15, -0.1) is 0 Å². The van der Waals surface area contributed by atoms with Gasteiger partial charge in [-0.1, -0.05) is 0 Å². The molecule has 1 atom stereocenters. The maximum absolute atomic E-state index is 12.8. The van der Waals surface area contributed by atoms with Crippen LogP contribution in [0.2, 0.25) is 0 Å². The molecule has 1 aromatic carbocycles. The Labute approximate surface area is 148 Å². The molecule has 0 bridgehead atoms. The number of nitrogens with two attached hydrogens (primary N) is 1. The highest BCUT2D eigenvalue weighted by molar-refractivity contribution is 9.10. The van der Waals surface area contributed by atoms with E-state index in [0.29, 0.717) is 43.4 Å². The van der Waals surface area contributed by atoms with E-state index in [0.717, 1.165) is 22.0 Å². The number of carbonyl (C=O) groups excluding carboxylic acids is 1. The Kier molecular flexibility index (Phi) is 3.97. The molecule has 0 spiro atoms. The average Bonchev–Trinajstić information content (AvgIpc) is 3.23.